The van der Waals surface area contributed by atoms with Crippen molar-refractivity contribution in [2.75, 3.05) is 0 Å². The van der Waals surface area contributed by atoms with Gasteiger partial charge in [-0.3, -0.25) is 4.79 Å². The summed E-state index contributed by atoms with van der Waals surface area (Å²) >= 11 is 0. The molecule has 0 aromatic heterocycles. The van der Waals surface area contributed by atoms with Gasteiger partial charge in [0, 0.05) is 5.56 Å². The second-order valence-corrected chi connectivity index (χ2v) is 6.95. The third kappa shape index (κ3) is 3.80. The lowest BCUT2D eigenvalue weighted by Crippen LogP contribution is -2.16. The molecule has 0 aliphatic carbocycles. The molecule has 25 heavy (non-hydrogen) atoms. The van der Waals surface area contributed by atoms with Crippen LogP contribution in [0.25, 0.3) is 0 Å². The molecule has 2 aromatic rings. The molecule has 1 heterocycles. The number of ketones is 1. The van der Waals surface area contributed by atoms with Crippen LogP contribution in [0.5, 0.6) is 0 Å². The molecular formula is C17H14FNO5S. The SMILES string of the molecule is NC1=C(OS(=O)(=O)Cc2ccccc2)C(=O)C(c2cccc(F)c2)O1. The number of carbonyl (C=O) groups is 1. The first kappa shape index (κ1) is 17.0. The smallest absolute Gasteiger partial charge is 0.313 e. The Bertz CT molecular complexity index is 941. The maximum atomic E-state index is 13.3. The number of hydrogen-bond donors (Lipinski definition) is 1. The van der Waals surface area contributed by atoms with Crippen molar-refractivity contribution in [3.63, 3.8) is 0 Å². The van der Waals surface area contributed by atoms with Crippen LogP contribution >= 0.6 is 0 Å². The number of carbonyl (C=O) groups excluding carboxylic acids is 1. The highest BCUT2D eigenvalue weighted by Gasteiger charge is 2.39. The molecule has 1 aliphatic rings. The fraction of sp³-hybridized carbons (Fsp3) is 0.118. The van der Waals surface area contributed by atoms with Crippen molar-refractivity contribution in [1.82, 2.24) is 0 Å². The van der Waals surface area contributed by atoms with E-state index in [1.165, 1.54) is 18.2 Å². The van der Waals surface area contributed by atoms with Crippen molar-refractivity contribution < 1.29 is 26.5 Å². The highest BCUT2D eigenvalue weighted by Crippen LogP contribution is 2.32. The van der Waals surface area contributed by atoms with Gasteiger partial charge in [-0.1, -0.05) is 42.5 Å². The number of nitrogens with two attached hydrogens (primary N) is 1. The van der Waals surface area contributed by atoms with Crippen molar-refractivity contribution in [1.29, 1.82) is 0 Å². The van der Waals surface area contributed by atoms with Crippen molar-refractivity contribution in [2.24, 2.45) is 5.73 Å². The summed E-state index contributed by atoms with van der Waals surface area (Å²) in [4.78, 5) is 12.4. The van der Waals surface area contributed by atoms with Gasteiger partial charge < -0.3 is 14.7 Å². The van der Waals surface area contributed by atoms with Crippen LogP contribution < -0.4 is 5.73 Å². The van der Waals surface area contributed by atoms with Gasteiger partial charge in [0.2, 0.25) is 17.4 Å². The number of hydrogen-bond acceptors (Lipinski definition) is 6. The summed E-state index contributed by atoms with van der Waals surface area (Å²) in [5.74, 6) is -2.80. The van der Waals surface area contributed by atoms with E-state index >= 15 is 0 Å². The molecule has 2 aromatic carbocycles. The van der Waals surface area contributed by atoms with Crippen molar-refractivity contribution >= 4 is 15.9 Å². The van der Waals surface area contributed by atoms with E-state index in [0.29, 0.717) is 5.56 Å². The van der Waals surface area contributed by atoms with Gasteiger partial charge in [0.15, 0.2) is 6.10 Å². The van der Waals surface area contributed by atoms with Crippen molar-refractivity contribution in [3.05, 3.63) is 83.2 Å². The van der Waals surface area contributed by atoms with Crippen LogP contribution in [0.3, 0.4) is 0 Å². The number of rotatable bonds is 5. The van der Waals surface area contributed by atoms with Crippen LogP contribution in [-0.4, -0.2) is 14.2 Å². The molecule has 0 amide bonds. The largest absolute Gasteiger partial charge is 0.460 e. The molecule has 1 aliphatic heterocycles. The Labute approximate surface area is 143 Å². The van der Waals surface area contributed by atoms with Gasteiger partial charge in [-0.2, -0.15) is 8.42 Å². The Kier molecular flexibility index (Phi) is 4.45. The standard InChI is InChI=1S/C17H14FNO5S/c18-13-8-4-7-12(9-13)15-14(20)16(17(19)23-15)24-25(21,22)10-11-5-2-1-3-6-11/h1-9,15H,10,19H2. The Balaban J connectivity index is 1.78. The predicted molar refractivity (Wildman–Crippen MR) is 86.6 cm³/mol. The Morgan fingerprint density at radius 2 is 1.84 bits per heavy atom. The molecule has 8 heteroatoms. The average molecular weight is 363 g/mol. The van der Waals surface area contributed by atoms with Crippen molar-refractivity contribution in [3.8, 4) is 0 Å². The van der Waals surface area contributed by atoms with E-state index in [2.05, 4.69) is 0 Å². The minimum absolute atomic E-state index is 0.215. The number of Topliss-reactive ketones (excluding diaryl/α,β-unsaturated/α-hetero) is 1. The summed E-state index contributed by atoms with van der Waals surface area (Å²) in [5.41, 5.74) is 6.30. The van der Waals surface area contributed by atoms with Gasteiger partial charge in [-0.05, 0) is 17.7 Å². The highest BCUT2D eigenvalue weighted by molar-refractivity contribution is 7.86. The average Bonchev–Trinajstić information content (AvgIpc) is 2.83. The molecule has 0 radical (unpaired) electrons. The molecule has 3 rings (SSSR count). The highest BCUT2D eigenvalue weighted by atomic mass is 32.2. The van der Waals surface area contributed by atoms with E-state index in [0.717, 1.165) is 6.07 Å². The van der Waals surface area contributed by atoms with Crippen LogP contribution in [0, 0.1) is 5.82 Å². The van der Waals surface area contributed by atoms with E-state index < -0.39 is 45.2 Å². The first-order valence-electron chi connectivity index (χ1n) is 7.28. The summed E-state index contributed by atoms with van der Waals surface area (Å²) in [6.07, 6.45) is -1.24. The Hall–Kier alpha value is -2.87. The second kappa shape index (κ2) is 6.56. The van der Waals surface area contributed by atoms with E-state index in [-0.39, 0.29) is 5.56 Å². The molecule has 1 unspecified atom stereocenters. The second-order valence-electron chi connectivity index (χ2n) is 5.38. The lowest BCUT2D eigenvalue weighted by Gasteiger charge is -2.09. The minimum Gasteiger partial charge on any atom is -0.460 e. The van der Waals surface area contributed by atoms with Crippen LogP contribution in [0.1, 0.15) is 17.2 Å². The minimum atomic E-state index is -4.11. The number of ether oxygens (including phenoxy) is 1. The van der Waals surface area contributed by atoms with E-state index in [9.17, 15) is 17.6 Å². The summed E-state index contributed by atoms with van der Waals surface area (Å²) in [5, 5.41) is 0. The summed E-state index contributed by atoms with van der Waals surface area (Å²) in [6, 6.07) is 13.5. The third-order valence-electron chi connectivity index (χ3n) is 3.48. The molecule has 0 saturated heterocycles. The van der Waals surface area contributed by atoms with E-state index in [1.54, 1.807) is 30.3 Å². The molecule has 0 bridgehead atoms. The molecule has 0 spiro atoms. The molecular weight excluding hydrogens is 349 g/mol. The van der Waals surface area contributed by atoms with Gasteiger partial charge in [0.25, 0.3) is 0 Å². The molecule has 6 nitrogen and oxygen atoms in total. The normalized spacial score (nSPS) is 17.5. The Morgan fingerprint density at radius 1 is 1.12 bits per heavy atom. The zero-order valence-corrected chi connectivity index (χ0v) is 13.7. The summed E-state index contributed by atoms with van der Waals surface area (Å²) in [7, 11) is -4.11. The Morgan fingerprint density at radius 3 is 2.52 bits per heavy atom. The lowest BCUT2D eigenvalue weighted by atomic mass is 10.1. The third-order valence-corrected chi connectivity index (χ3v) is 4.59. The summed E-state index contributed by atoms with van der Waals surface area (Å²) < 4.78 is 47.7. The molecule has 0 saturated carbocycles. The van der Waals surface area contributed by atoms with Gasteiger partial charge in [0.05, 0.1) is 0 Å². The fourth-order valence-corrected chi connectivity index (χ4v) is 3.46. The number of benzene rings is 2. The lowest BCUT2D eigenvalue weighted by molar-refractivity contribution is -0.123. The number of halogens is 1. The zero-order valence-electron chi connectivity index (χ0n) is 12.9. The first-order chi connectivity index (χ1) is 11.9. The predicted octanol–water partition coefficient (Wildman–Crippen LogP) is 2.14. The van der Waals surface area contributed by atoms with Gasteiger partial charge >= 0.3 is 10.1 Å². The zero-order chi connectivity index (χ0) is 18.0. The summed E-state index contributed by atoms with van der Waals surface area (Å²) in [6.45, 7) is 0. The molecule has 0 fully saturated rings. The quantitative estimate of drug-likeness (QED) is 0.818. The van der Waals surface area contributed by atoms with Crippen LogP contribution in [0.4, 0.5) is 4.39 Å². The maximum Gasteiger partial charge on any atom is 0.313 e. The van der Waals surface area contributed by atoms with Gasteiger partial charge in [-0.15, -0.1) is 0 Å². The van der Waals surface area contributed by atoms with Crippen molar-refractivity contribution in [2.45, 2.75) is 11.9 Å². The maximum absolute atomic E-state index is 13.3. The van der Waals surface area contributed by atoms with Crippen LogP contribution in [0.2, 0.25) is 0 Å². The fourth-order valence-electron chi connectivity index (χ4n) is 2.38. The van der Waals surface area contributed by atoms with Crippen LogP contribution in [-0.2, 0) is 29.6 Å². The molecule has 2 N–H and O–H groups in total. The van der Waals surface area contributed by atoms with E-state index in [1.807, 2.05) is 0 Å². The van der Waals surface area contributed by atoms with E-state index in [4.69, 9.17) is 14.7 Å². The first-order valence-corrected chi connectivity index (χ1v) is 8.85. The molecule has 1 atom stereocenters. The monoisotopic (exact) mass is 363 g/mol. The van der Waals surface area contributed by atoms with Crippen LogP contribution in [0.15, 0.2) is 66.2 Å². The topological polar surface area (TPSA) is 95.7 Å². The van der Waals surface area contributed by atoms with Gasteiger partial charge in [0.1, 0.15) is 11.6 Å². The van der Waals surface area contributed by atoms with Gasteiger partial charge in [-0.25, -0.2) is 4.39 Å². The molecule has 130 valence electrons.